The van der Waals surface area contributed by atoms with Crippen molar-refractivity contribution in [2.45, 2.75) is 12.6 Å². The number of nitrogens with one attached hydrogen (secondary N) is 1. The van der Waals surface area contributed by atoms with Crippen LogP contribution in [-0.4, -0.2) is 6.54 Å². The van der Waals surface area contributed by atoms with Crippen LogP contribution in [0.2, 0.25) is 0 Å². The predicted molar refractivity (Wildman–Crippen MR) is 70.0 cm³/mol. The van der Waals surface area contributed by atoms with Crippen molar-refractivity contribution in [3.05, 3.63) is 65.2 Å². The Labute approximate surface area is 118 Å². The van der Waals surface area contributed by atoms with E-state index in [1.807, 2.05) is 0 Å². The molecule has 0 atom stereocenters. The first-order valence-electron chi connectivity index (χ1n) is 6.21. The first-order valence-corrected chi connectivity index (χ1v) is 6.21. The summed E-state index contributed by atoms with van der Waals surface area (Å²) in [5.41, 5.74) is -0.443. The molecule has 2 aromatic rings. The molecular weight excluding hydrogens is 289 g/mol. The topological polar surface area (TPSA) is 12.0 Å². The van der Waals surface area contributed by atoms with E-state index in [2.05, 4.69) is 5.32 Å². The van der Waals surface area contributed by atoms with Gasteiger partial charge in [0.25, 0.3) is 0 Å². The lowest BCUT2D eigenvalue weighted by Crippen LogP contribution is -2.12. The standard InChI is InChI=1S/C15H12F5N/c16-11-7-10(8-12(17)9-11)5-6-21-14-4-2-1-3-13(14)15(18,19)20/h1-4,7-9,21H,5-6H2. The fourth-order valence-electron chi connectivity index (χ4n) is 1.98. The van der Waals surface area contributed by atoms with Gasteiger partial charge in [-0.25, -0.2) is 8.78 Å². The van der Waals surface area contributed by atoms with Crippen LogP contribution in [0.4, 0.5) is 27.6 Å². The van der Waals surface area contributed by atoms with Gasteiger partial charge in [0.1, 0.15) is 11.6 Å². The number of alkyl halides is 3. The smallest absolute Gasteiger partial charge is 0.384 e. The molecular formula is C15H12F5N. The lowest BCUT2D eigenvalue weighted by Gasteiger charge is -2.14. The van der Waals surface area contributed by atoms with Crippen molar-refractivity contribution in [2.24, 2.45) is 0 Å². The molecule has 0 bridgehead atoms. The van der Waals surface area contributed by atoms with E-state index in [4.69, 9.17) is 0 Å². The first kappa shape index (κ1) is 15.3. The Kier molecular flexibility index (Phi) is 4.45. The van der Waals surface area contributed by atoms with Gasteiger partial charge in [-0.1, -0.05) is 12.1 Å². The largest absolute Gasteiger partial charge is 0.418 e. The Morgan fingerprint density at radius 3 is 2.14 bits per heavy atom. The van der Waals surface area contributed by atoms with Crippen LogP contribution in [0.25, 0.3) is 0 Å². The van der Waals surface area contributed by atoms with Crippen molar-refractivity contribution in [1.82, 2.24) is 0 Å². The SMILES string of the molecule is Fc1cc(F)cc(CCNc2ccccc2C(F)(F)F)c1. The van der Waals surface area contributed by atoms with E-state index in [0.717, 1.165) is 24.3 Å². The van der Waals surface area contributed by atoms with Crippen LogP contribution >= 0.6 is 0 Å². The third kappa shape index (κ3) is 4.18. The third-order valence-electron chi connectivity index (χ3n) is 2.88. The quantitative estimate of drug-likeness (QED) is 0.811. The third-order valence-corrected chi connectivity index (χ3v) is 2.88. The van der Waals surface area contributed by atoms with Gasteiger partial charge in [0.15, 0.2) is 0 Å². The molecule has 2 rings (SSSR count). The number of hydrogen-bond acceptors (Lipinski definition) is 1. The summed E-state index contributed by atoms with van der Waals surface area (Å²) in [5, 5.41) is 2.64. The Morgan fingerprint density at radius 1 is 0.905 bits per heavy atom. The molecule has 112 valence electrons. The molecule has 21 heavy (non-hydrogen) atoms. The molecule has 6 heteroatoms. The Bertz CT molecular complexity index is 601. The Morgan fingerprint density at radius 2 is 1.52 bits per heavy atom. The van der Waals surface area contributed by atoms with Crippen molar-refractivity contribution in [3.8, 4) is 0 Å². The zero-order valence-corrected chi connectivity index (χ0v) is 10.8. The summed E-state index contributed by atoms with van der Waals surface area (Å²) >= 11 is 0. The molecule has 0 radical (unpaired) electrons. The van der Waals surface area contributed by atoms with Gasteiger partial charge in [0.05, 0.1) is 5.56 Å². The van der Waals surface area contributed by atoms with Crippen LogP contribution in [0.3, 0.4) is 0 Å². The highest BCUT2D eigenvalue weighted by molar-refractivity contribution is 5.52. The summed E-state index contributed by atoms with van der Waals surface area (Å²) in [7, 11) is 0. The molecule has 0 heterocycles. The van der Waals surface area contributed by atoms with Crippen LogP contribution < -0.4 is 5.32 Å². The summed E-state index contributed by atoms with van der Waals surface area (Å²) in [6, 6.07) is 8.13. The summed E-state index contributed by atoms with van der Waals surface area (Å²) in [6.45, 7) is 0.135. The van der Waals surface area contributed by atoms with E-state index < -0.39 is 23.4 Å². The molecule has 0 unspecified atom stereocenters. The van der Waals surface area contributed by atoms with Gasteiger partial charge in [-0.15, -0.1) is 0 Å². The average molecular weight is 301 g/mol. The van der Waals surface area contributed by atoms with Crippen molar-refractivity contribution in [2.75, 3.05) is 11.9 Å². The molecule has 2 aromatic carbocycles. The zero-order valence-electron chi connectivity index (χ0n) is 10.8. The van der Waals surface area contributed by atoms with E-state index in [-0.39, 0.29) is 18.7 Å². The maximum atomic E-state index is 13.0. The van der Waals surface area contributed by atoms with Crippen LogP contribution in [-0.2, 0) is 12.6 Å². The molecule has 0 saturated carbocycles. The highest BCUT2D eigenvalue weighted by Gasteiger charge is 2.32. The maximum absolute atomic E-state index is 13.0. The number of rotatable bonds is 4. The van der Waals surface area contributed by atoms with Crippen LogP contribution in [0.15, 0.2) is 42.5 Å². The first-order chi connectivity index (χ1) is 9.86. The van der Waals surface area contributed by atoms with Gasteiger partial charge in [-0.2, -0.15) is 13.2 Å². The second-order valence-corrected chi connectivity index (χ2v) is 4.50. The zero-order chi connectivity index (χ0) is 15.5. The van der Waals surface area contributed by atoms with Gasteiger partial charge >= 0.3 is 6.18 Å². The van der Waals surface area contributed by atoms with Gasteiger partial charge in [0.2, 0.25) is 0 Å². The molecule has 0 fully saturated rings. The van der Waals surface area contributed by atoms with E-state index in [1.165, 1.54) is 18.2 Å². The lowest BCUT2D eigenvalue weighted by atomic mass is 10.1. The van der Waals surface area contributed by atoms with Gasteiger partial charge < -0.3 is 5.32 Å². The number of halogens is 5. The maximum Gasteiger partial charge on any atom is 0.418 e. The highest BCUT2D eigenvalue weighted by Crippen LogP contribution is 2.34. The Balaban J connectivity index is 2.04. The van der Waals surface area contributed by atoms with E-state index in [0.29, 0.717) is 5.56 Å². The van der Waals surface area contributed by atoms with Crippen LogP contribution in [0.1, 0.15) is 11.1 Å². The fourth-order valence-corrected chi connectivity index (χ4v) is 1.98. The number of benzene rings is 2. The van der Waals surface area contributed by atoms with Crippen LogP contribution in [0.5, 0.6) is 0 Å². The summed E-state index contributed by atoms with van der Waals surface area (Å²) in [6.07, 6.45) is -4.24. The highest BCUT2D eigenvalue weighted by atomic mass is 19.4. The summed E-state index contributed by atoms with van der Waals surface area (Å²) < 4.78 is 64.3. The van der Waals surface area contributed by atoms with Crippen molar-refractivity contribution in [1.29, 1.82) is 0 Å². The van der Waals surface area contributed by atoms with Crippen molar-refractivity contribution >= 4 is 5.69 Å². The minimum absolute atomic E-state index is 0.0538. The molecule has 1 nitrogen and oxygen atoms in total. The average Bonchev–Trinajstić information content (AvgIpc) is 2.37. The van der Waals surface area contributed by atoms with Crippen molar-refractivity contribution in [3.63, 3.8) is 0 Å². The Hall–Kier alpha value is -2.11. The molecule has 0 aliphatic rings. The monoisotopic (exact) mass is 301 g/mol. The minimum Gasteiger partial charge on any atom is -0.384 e. The second-order valence-electron chi connectivity index (χ2n) is 4.50. The normalized spacial score (nSPS) is 11.5. The number of anilines is 1. The summed E-state index contributed by atoms with van der Waals surface area (Å²) in [4.78, 5) is 0. The predicted octanol–water partition coefficient (Wildman–Crippen LogP) is 4.64. The number of para-hydroxylation sites is 1. The second kappa shape index (κ2) is 6.11. The van der Waals surface area contributed by atoms with Crippen LogP contribution in [0, 0.1) is 11.6 Å². The van der Waals surface area contributed by atoms with Gasteiger partial charge in [-0.3, -0.25) is 0 Å². The molecule has 0 spiro atoms. The molecule has 0 aromatic heterocycles. The van der Waals surface area contributed by atoms with Crippen molar-refractivity contribution < 1.29 is 22.0 Å². The number of hydrogen-bond donors (Lipinski definition) is 1. The van der Waals surface area contributed by atoms with E-state index in [1.54, 1.807) is 0 Å². The molecule has 0 aliphatic carbocycles. The van der Waals surface area contributed by atoms with E-state index in [9.17, 15) is 22.0 Å². The molecule has 1 N–H and O–H groups in total. The van der Waals surface area contributed by atoms with Gasteiger partial charge in [-0.05, 0) is 36.2 Å². The van der Waals surface area contributed by atoms with E-state index >= 15 is 0 Å². The summed E-state index contributed by atoms with van der Waals surface area (Å²) in [5.74, 6) is -1.42. The fraction of sp³-hybridized carbons (Fsp3) is 0.200. The molecule has 0 amide bonds. The minimum atomic E-state index is -4.45. The lowest BCUT2D eigenvalue weighted by molar-refractivity contribution is -0.136. The molecule has 0 aliphatic heterocycles. The van der Waals surface area contributed by atoms with Gasteiger partial charge in [0, 0.05) is 18.3 Å². The molecule has 0 saturated heterocycles.